The van der Waals surface area contributed by atoms with Gasteiger partial charge in [-0.05, 0) is 57.0 Å². The van der Waals surface area contributed by atoms with Crippen molar-refractivity contribution in [2.75, 3.05) is 23.3 Å². The highest BCUT2D eigenvalue weighted by atomic mass is 19.1. The van der Waals surface area contributed by atoms with E-state index in [4.69, 9.17) is 0 Å². The topological polar surface area (TPSA) is 119 Å². The van der Waals surface area contributed by atoms with E-state index < -0.39 is 16.4 Å². The van der Waals surface area contributed by atoms with Gasteiger partial charge < -0.3 is 10.2 Å². The minimum Gasteiger partial charge on any atom is -0.354 e. The maximum absolute atomic E-state index is 13.5. The van der Waals surface area contributed by atoms with Crippen molar-refractivity contribution in [3.8, 4) is 5.82 Å². The number of nitro groups is 1. The number of hydrogen-bond donors (Lipinski definition) is 1. The van der Waals surface area contributed by atoms with E-state index in [1.54, 1.807) is 4.68 Å². The minimum absolute atomic E-state index is 0.189. The first-order valence-electron chi connectivity index (χ1n) is 10.2. The molecule has 0 aliphatic carbocycles. The van der Waals surface area contributed by atoms with Gasteiger partial charge in [-0.1, -0.05) is 0 Å². The van der Waals surface area contributed by atoms with E-state index in [1.165, 1.54) is 6.07 Å². The van der Waals surface area contributed by atoms with Crippen LogP contribution in [0.15, 0.2) is 36.4 Å². The van der Waals surface area contributed by atoms with E-state index in [0.717, 1.165) is 36.5 Å². The first-order chi connectivity index (χ1) is 15.3. The highest BCUT2D eigenvalue weighted by Gasteiger charge is 2.27. The normalized spacial score (nSPS) is 16.1. The number of nitrogens with one attached hydrogen (secondary N) is 1. The number of nitrogens with zero attached hydrogens (tertiary/aromatic N) is 6. The Labute approximate surface area is 183 Å². The summed E-state index contributed by atoms with van der Waals surface area (Å²) in [6.07, 6.45) is 1.45. The van der Waals surface area contributed by atoms with Crippen LogP contribution in [0, 0.1) is 35.7 Å². The largest absolute Gasteiger partial charge is 0.354 e. The van der Waals surface area contributed by atoms with Crippen LogP contribution in [-0.2, 0) is 4.79 Å². The van der Waals surface area contributed by atoms with Crippen molar-refractivity contribution >= 4 is 23.1 Å². The predicted octanol–water partition coefficient (Wildman–Crippen LogP) is 3.18. The number of carbonyl (C=O) groups excluding carboxylic acids is 1. The molecule has 1 amide bonds. The van der Waals surface area contributed by atoms with Crippen molar-refractivity contribution in [2.24, 2.45) is 5.92 Å². The average molecular weight is 439 g/mol. The first kappa shape index (κ1) is 21.3. The van der Waals surface area contributed by atoms with Crippen LogP contribution in [0.25, 0.3) is 5.82 Å². The molecule has 2 aromatic heterocycles. The number of hydrogen-bond acceptors (Lipinski definition) is 7. The zero-order chi connectivity index (χ0) is 22.8. The summed E-state index contributed by atoms with van der Waals surface area (Å²) in [5.74, 6) is -0.291. The Bertz CT molecular complexity index is 1160. The van der Waals surface area contributed by atoms with E-state index in [-0.39, 0.29) is 17.5 Å². The smallest absolute Gasteiger partial charge is 0.306 e. The van der Waals surface area contributed by atoms with Crippen LogP contribution in [0.3, 0.4) is 0 Å². The van der Waals surface area contributed by atoms with Gasteiger partial charge in [0.15, 0.2) is 11.6 Å². The van der Waals surface area contributed by atoms with Crippen LogP contribution in [0.1, 0.15) is 24.2 Å². The fraction of sp³-hybridized carbons (Fsp3) is 0.333. The van der Waals surface area contributed by atoms with Crippen LogP contribution >= 0.6 is 0 Å². The molecule has 11 heteroatoms. The standard InChI is InChI=1S/C21H22FN7O3/c1-13-10-14(2)28(26-13)20-8-7-19(24-25-20)27-9-3-4-15(12-27)21(30)23-16-5-6-17(22)18(11-16)29(31)32/h5-8,10-11,15H,3-4,9,12H2,1-2H3,(H,23,30). The second-order valence-corrected chi connectivity index (χ2v) is 7.79. The molecule has 1 aromatic carbocycles. The second-order valence-electron chi connectivity index (χ2n) is 7.79. The Morgan fingerprint density at radius 3 is 2.59 bits per heavy atom. The molecule has 1 aliphatic heterocycles. The number of carbonyl (C=O) groups is 1. The maximum Gasteiger partial charge on any atom is 0.306 e. The molecular weight excluding hydrogens is 417 g/mol. The first-order valence-corrected chi connectivity index (χ1v) is 10.2. The Balaban J connectivity index is 1.44. The van der Waals surface area contributed by atoms with E-state index in [2.05, 4.69) is 20.6 Å². The average Bonchev–Trinajstić information content (AvgIpc) is 3.13. The lowest BCUT2D eigenvalue weighted by molar-refractivity contribution is -0.387. The van der Waals surface area contributed by atoms with Gasteiger partial charge in [-0.3, -0.25) is 14.9 Å². The summed E-state index contributed by atoms with van der Waals surface area (Å²) in [4.78, 5) is 24.8. The summed E-state index contributed by atoms with van der Waals surface area (Å²) in [5.41, 5.74) is 1.37. The Kier molecular flexibility index (Phi) is 5.80. The molecule has 166 valence electrons. The molecule has 1 atom stereocenters. The molecule has 0 saturated carbocycles. The van der Waals surface area contributed by atoms with Gasteiger partial charge in [0.05, 0.1) is 16.5 Å². The van der Waals surface area contributed by atoms with Crippen molar-refractivity contribution in [3.05, 3.63) is 63.7 Å². The third-order valence-electron chi connectivity index (χ3n) is 5.39. The van der Waals surface area contributed by atoms with Crippen LogP contribution in [0.2, 0.25) is 0 Å². The van der Waals surface area contributed by atoms with Gasteiger partial charge in [-0.25, -0.2) is 4.68 Å². The van der Waals surface area contributed by atoms with Crippen molar-refractivity contribution in [1.82, 2.24) is 20.0 Å². The van der Waals surface area contributed by atoms with Crippen molar-refractivity contribution in [1.29, 1.82) is 0 Å². The monoisotopic (exact) mass is 439 g/mol. The van der Waals surface area contributed by atoms with Crippen LogP contribution in [-0.4, -0.2) is 43.9 Å². The van der Waals surface area contributed by atoms with Crippen LogP contribution in [0.5, 0.6) is 0 Å². The Morgan fingerprint density at radius 2 is 1.94 bits per heavy atom. The summed E-state index contributed by atoms with van der Waals surface area (Å²) in [6.45, 7) is 5.02. The van der Waals surface area contributed by atoms with Gasteiger partial charge >= 0.3 is 5.69 Å². The number of amides is 1. The molecule has 0 spiro atoms. The molecular formula is C21H22FN7O3. The van der Waals surface area contributed by atoms with Crippen molar-refractivity contribution < 1.29 is 14.1 Å². The summed E-state index contributed by atoms with van der Waals surface area (Å²) in [6, 6.07) is 8.95. The van der Waals surface area contributed by atoms with Gasteiger partial charge in [0.25, 0.3) is 0 Å². The van der Waals surface area contributed by atoms with Gasteiger partial charge in [-0.2, -0.15) is 9.49 Å². The fourth-order valence-corrected chi connectivity index (χ4v) is 3.83. The minimum atomic E-state index is -0.945. The molecule has 1 N–H and O–H groups in total. The molecule has 1 saturated heterocycles. The number of anilines is 2. The summed E-state index contributed by atoms with van der Waals surface area (Å²) < 4.78 is 15.3. The summed E-state index contributed by atoms with van der Waals surface area (Å²) >= 11 is 0. The molecule has 0 bridgehead atoms. The molecule has 3 aromatic rings. The molecule has 10 nitrogen and oxygen atoms in total. The van der Waals surface area contributed by atoms with Gasteiger partial charge in [0.1, 0.15) is 0 Å². The zero-order valence-corrected chi connectivity index (χ0v) is 17.7. The number of aryl methyl sites for hydroxylation is 2. The van der Waals surface area contributed by atoms with Gasteiger partial charge in [-0.15, -0.1) is 10.2 Å². The summed E-state index contributed by atoms with van der Waals surface area (Å²) in [7, 11) is 0. The maximum atomic E-state index is 13.5. The quantitative estimate of drug-likeness (QED) is 0.479. The highest BCUT2D eigenvalue weighted by Crippen LogP contribution is 2.25. The van der Waals surface area contributed by atoms with Gasteiger partial charge in [0.2, 0.25) is 11.7 Å². The summed E-state index contributed by atoms with van der Waals surface area (Å²) in [5, 5.41) is 26.6. The Morgan fingerprint density at radius 1 is 1.19 bits per heavy atom. The number of aromatic nitrogens is 4. The van der Waals surface area contributed by atoms with Crippen molar-refractivity contribution in [3.63, 3.8) is 0 Å². The number of piperidine rings is 1. The second kappa shape index (κ2) is 8.69. The molecule has 3 heterocycles. The fourth-order valence-electron chi connectivity index (χ4n) is 3.83. The zero-order valence-electron chi connectivity index (χ0n) is 17.7. The van der Waals surface area contributed by atoms with E-state index in [1.807, 2.05) is 36.9 Å². The lowest BCUT2D eigenvalue weighted by atomic mass is 9.97. The van der Waals surface area contributed by atoms with E-state index in [0.29, 0.717) is 24.6 Å². The highest BCUT2D eigenvalue weighted by molar-refractivity contribution is 5.93. The predicted molar refractivity (Wildman–Crippen MR) is 115 cm³/mol. The van der Waals surface area contributed by atoms with Crippen molar-refractivity contribution in [2.45, 2.75) is 26.7 Å². The molecule has 1 unspecified atom stereocenters. The Hall–Kier alpha value is -3.89. The SMILES string of the molecule is Cc1cc(C)n(-c2ccc(N3CCCC(C(=O)Nc4ccc(F)c([N+](=O)[O-])c4)C3)nn2)n1. The molecule has 0 radical (unpaired) electrons. The third-order valence-corrected chi connectivity index (χ3v) is 5.39. The number of nitro benzene ring substituents is 1. The molecule has 4 rings (SSSR count). The van der Waals surface area contributed by atoms with Crippen LogP contribution < -0.4 is 10.2 Å². The van der Waals surface area contributed by atoms with E-state index in [9.17, 15) is 19.3 Å². The van der Waals surface area contributed by atoms with Gasteiger partial charge in [0, 0.05) is 30.5 Å². The third kappa shape index (κ3) is 4.41. The van der Waals surface area contributed by atoms with E-state index >= 15 is 0 Å². The lowest BCUT2D eigenvalue weighted by Gasteiger charge is -2.32. The number of benzene rings is 1. The molecule has 1 fully saturated rings. The molecule has 1 aliphatic rings. The molecule has 32 heavy (non-hydrogen) atoms. The van der Waals surface area contributed by atoms with Crippen LogP contribution in [0.4, 0.5) is 21.6 Å². The number of halogens is 1. The number of rotatable bonds is 5. The lowest BCUT2D eigenvalue weighted by Crippen LogP contribution is -2.41.